The van der Waals surface area contributed by atoms with Crippen LogP contribution < -0.4 is 16.8 Å². The van der Waals surface area contributed by atoms with Crippen molar-refractivity contribution < 1.29 is 45.2 Å². The molecule has 0 aromatic heterocycles. The van der Waals surface area contributed by atoms with Gasteiger partial charge in [0.25, 0.3) is 12.4 Å². The van der Waals surface area contributed by atoms with E-state index in [4.69, 9.17) is 30.8 Å². The van der Waals surface area contributed by atoms with Crippen molar-refractivity contribution in [1.29, 1.82) is 0 Å². The standard InChI is InChI=1S/C18H31N4O3.CH2O2.W/c1-2-3-6-21-7-9-24-11-12-25-10-8-22-18(23)17-13-16(20)5-4-15(17)14-19;2-1-3;/h4-5,13H,2-3,6-12,14,19-20H2,1H3,(H,22,23);1H,(H,2,3);/q-1;;. The molecule has 0 aliphatic heterocycles. The monoisotopic (exact) mass is 581 g/mol. The van der Waals surface area contributed by atoms with Gasteiger partial charge in [-0.15, -0.1) is 13.1 Å². The average molecular weight is 581 g/mol. The van der Waals surface area contributed by atoms with Crippen LogP contribution in [0.25, 0.3) is 5.32 Å². The summed E-state index contributed by atoms with van der Waals surface area (Å²) in [5.41, 5.74) is 13.2. The predicted octanol–water partition coefficient (Wildman–Crippen LogP) is 1.36. The Morgan fingerprint density at radius 2 is 1.86 bits per heavy atom. The number of unbranched alkanes of at least 4 members (excludes halogenated alkanes) is 1. The molecule has 0 unspecified atom stereocenters. The number of nitrogen functional groups attached to an aromatic ring is 1. The van der Waals surface area contributed by atoms with E-state index in [1.54, 1.807) is 18.2 Å². The average Bonchev–Trinajstić information content (AvgIpc) is 2.69. The second-order valence-electron chi connectivity index (χ2n) is 5.73. The summed E-state index contributed by atoms with van der Waals surface area (Å²) < 4.78 is 10.8. The second-order valence-corrected chi connectivity index (χ2v) is 5.73. The Morgan fingerprint density at radius 3 is 2.48 bits per heavy atom. The zero-order valence-corrected chi connectivity index (χ0v) is 19.9. The number of nitrogens with zero attached hydrogens (tertiary/aromatic N) is 1. The van der Waals surface area contributed by atoms with E-state index in [1.165, 1.54) is 6.42 Å². The van der Waals surface area contributed by atoms with Gasteiger partial charge in [0.2, 0.25) is 0 Å². The third-order valence-electron chi connectivity index (χ3n) is 3.57. The predicted molar refractivity (Wildman–Crippen MR) is 109 cm³/mol. The molecule has 0 atom stereocenters. The van der Waals surface area contributed by atoms with Crippen LogP contribution in [0.3, 0.4) is 0 Å². The van der Waals surface area contributed by atoms with E-state index in [-0.39, 0.29) is 33.4 Å². The van der Waals surface area contributed by atoms with E-state index in [9.17, 15) is 4.79 Å². The largest absolute Gasteiger partial charge is 0.660 e. The van der Waals surface area contributed by atoms with Gasteiger partial charge in [-0.25, -0.2) is 0 Å². The molecule has 0 fully saturated rings. The first kappa shape index (κ1) is 29.7. The number of carboxylic acid groups (broad SMARTS) is 1. The van der Waals surface area contributed by atoms with Gasteiger partial charge in [-0.3, -0.25) is 9.59 Å². The number of anilines is 1. The maximum absolute atomic E-state index is 12.1. The number of carbonyl (C=O) groups is 2. The van der Waals surface area contributed by atoms with Gasteiger partial charge in [-0.2, -0.15) is 0 Å². The smallest absolute Gasteiger partial charge is 0.290 e. The van der Waals surface area contributed by atoms with Gasteiger partial charge >= 0.3 is 0 Å². The maximum Gasteiger partial charge on any atom is 0.290 e. The number of amides is 1. The quantitative estimate of drug-likeness (QED) is 0.147. The molecule has 10 heteroatoms. The van der Waals surface area contributed by atoms with Crippen LogP contribution in [-0.4, -0.2) is 63.5 Å². The zero-order valence-electron chi connectivity index (χ0n) is 17.0. The SMILES string of the molecule is CCCC[N-]CCOCCOCCNC(=O)c1cc(N)ccc1CN.O=CO.[W]. The van der Waals surface area contributed by atoms with Gasteiger partial charge in [-0.1, -0.05) is 25.8 Å². The molecule has 1 amide bonds. The number of carbonyl (C=O) groups excluding carboxylic acids is 1. The molecule has 1 rings (SSSR count). The Bertz CT molecular complexity index is 549. The van der Waals surface area contributed by atoms with Gasteiger partial charge < -0.3 is 36.7 Å². The fraction of sp³-hybridized carbons (Fsp3) is 0.579. The van der Waals surface area contributed by atoms with E-state index < -0.39 is 0 Å². The molecule has 6 N–H and O–H groups in total. The third-order valence-corrected chi connectivity index (χ3v) is 3.57. The van der Waals surface area contributed by atoms with Crippen molar-refractivity contribution in [3.05, 3.63) is 34.6 Å². The molecule has 0 saturated heterocycles. The van der Waals surface area contributed by atoms with Gasteiger partial charge in [0.05, 0.1) is 19.8 Å². The number of rotatable bonds is 14. The summed E-state index contributed by atoms with van der Waals surface area (Å²) in [6, 6.07) is 5.14. The zero-order chi connectivity index (χ0) is 21.0. The van der Waals surface area contributed by atoms with Crippen molar-refractivity contribution in [1.82, 2.24) is 5.32 Å². The molecular formula is C19H33N4O5W-. The van der Waals surface area contributed by atoms with E-state index >= 15 is 0 Å². The molecule has 29 heavy (non-hydrogen) atoms. The molecule has 1 aromatic rings. The minimum atomic E-state index is -0.250. The molecule has 1 aromatic carbocycles. The second kappa shape index (κ2) is 21.2. The minimum absolute atomic E-state index is 0. The van der Waals surface area contributed by atoms with E-state index in [2.05, 4.69) is 17.6 Å². The Morgan fingerprint density at radius 1 is 1.21 bits per heavy atom. The summed E-state index contributed by atoms with van der Waals surface area (Å²) in [6.07, 6.45) is 2.30. The van der Waals surface area contributed by atoms with Gasteiger partial charge in [-0.05, 0) is 17.7 Å². The van der Waals surface area contributed by atoms with E-state index in [1.807, 2.05) is 0 Å². The summed E-state index contributed by atoms with van der Waals surface area (Å²) >= 11 is 0. The Kier molecular flexibility index (Phi) is 21.7. The first-order chi connectivity index (χ1) is 13.6. The summed E-state index contributed by atoms with van der Waals surface area (Å²) in [5, 5.41) is 14.0. The van der Waals surface area contributed by atoms with Crippen LogP contribution in [0.2, 0.25) is 0 Å². The van der Waals surface area contributed by atoms with Crippen LogP contribution in [0.1, 0.15) is 35.7 Å². The Balaban J connectivity index is 0. The Labute approximate surface area is 187 Å². The normalized spacial score (nSPS) is 9.72. The third kappa shape index (κ3) is 16.0. The molecule has 166 valence electrons. The topological polar surface area (TPSA) is 151 Å². The van der Waals surface area contributed by atoms with Crippen molar-refractivity contribution in [3.63, 3.8) is 0 Å². The maximum atomic E-state index is 12.1. The number of nitrogens with two attached hydrogens (primary N) is 2. The molecule has 9 nitrogen and oxygen atoms in total. The molecule has 0 saturated carbocycles. The Hall–Kier alpha value is -1.51. The van der Waals surface area contributed by atoms with Crippen LogP contribution in [0.5, 0.6) is 0 Å². The summed E-state index contributed by atoms with van der Waals surface area (Å²) in [6.45, 7) is 6.34. The van der Waals surface area contributed by atoms with Crippen LogP contribution in [0, 0.1) is 0 Å². The number of hydrogen-bond donors (Lipinski definition) is 4. The van der Waals surface area contributed by atoms with Crippen LogP contribution >= 0.6 is 0 Å². The molecule has 0 spiro atoms. The minimum Gasteiger partial charge on any atom is -0.660 e. The van der Waals surface area contributed by atoms with Crippen molar-refractivity contribution in [3.8, 4) is 0 Å². The number of ether oxygens (including phenoxy) is 2. The summed E-state index contributed by atoms with van der Waals surface area (Å²) in [4.78, 5) is 20.5. The number of hydrogen-bond acceptors (Lipinski definition) is 6. The molecule has 0 aliphatic carbocycles. The van der Waals surface area contributed by atoms with Crippen LogP contribution in [0.15, 0.2) is 18.2 Å². The number of nitrogens with one attached hydrogen (secondary N) is 1. The van der Waals surface area contributed by atoms with Crippen molar-refractivity contribution in [2.75, 3.05) is 51.8 Å². The fourth-order valence-electron chi connectivity index (χ4n) is 2.15. The number of benzene rings is 1. The first-order valence-corrected chi connectivity index (χ1v) is 9.33. The molecular weight excluding hydrogens is 548 g/mol. The summed E-state index contributed by atoms with van der Waals surface area (Å²) in [7, 11) is 0. The van der Waals surface area contributed by atoms with E-state index in [0.717, 1.165) is 25.1 Å². The van der Waals surface area contributed by atoms with Gasteiger partial charge in [0.15, 0.2) is 0 Å². The summed E-state index contributed by atoms with van der Waals surface area (Å²) in [5.74, 6) is -0.193. The van der Waals surface area contributed by atoms with Crippen LogP contribution in [-0.2, 0) is 41.9 Å². The molecule has 0 heterocycles. The van der Waals surface area contributed by atoms with Crippen molar-refractivity contribution >= 4 is 18.1 Å². The van der Waals surface area contributed by atoms with E-state index in [0.29, 0.717) is 50.8 Å². The fourth-order valence-corrected chi connectivity index (χ4v) is 2.15. The van der Waals surface area contributed by atoms with Crippen molar-refractivity contribution in [2.24, 2.45) is 5.73 Å². The molecule has 0 bridgehead atoms. The first-order valence-electron chi connectivity index (χ1n) is 9.33. The van der Waals surface area contributed by atoms with Gasteiger partial charge in [0.1, 0.15) is 0 Å². The van der Waals surface area contributed by atoms with Crippen molar-refractivity contribution in [2.45, 2.75) is 26.3 Å². The van der Waals surface area contributed by atoms with Gasteiger partial charge in [0, 0.05) is 52.0 Å². The van der Waals surface area contributed by atoms with Crippen LogP contribution in [0.4, 0.5) is 5.69 Å². The molecule has 0 radical (unpaired) electrons. The molecule has 0 aliphatic rings.